The van der Waals surface area contributed by atoms with E-state index in [4.69, 9.17) is 4.74 Å². The van der Waals surface area contributed by atoms with Gasteiger partial charge in [0.1, 0.15) is 0 Å². The molecule has 3 heteroatoms. The third kappa shape index (κ3) is 3.82. The topological polar surface area (TPSA) is 29.5 Å². The quantitative estimate of drug-likeness (QED) is 0.655. The highest BCUT2D eigenvalue weighted by molar-refractivity contribution is 5.70. The van der Waals surface area contributed by atoms with E-state index >= 15 is 0 Å². The van der Waals surface area contributed by atoms with Crippen LogP contribution in [0.25, 0.3) is 0 Å². The minimum atomic E-state index is -0.0527. The molecule has 1 saturated heterocycles. The summed E-state index contributed by atoms with van der Waals surface area (Å²) in [5.41, 5.74) is 0. The van der Waals surface area contributed by atoms with Crippen molar-refractivity contribution < 1.29 is 9.53 Å². The van der Waals surface area contributed by atoms with Crippen LogP contribution in [-0.4, -0.2) is 36.6 Å². The summed E-state index contributed by atoms with van der Waals surface area (Å²) in [6.07, 6.45) is 3.09. The van der Waals surface area contributed by atoms with Crippen molar-refractivity contribution in [3.05, 3.63) is 0 Å². The normalized spacial score (nSPS) is 19.5. The van der Waals surface area contributed by atoms with Crippen molar-refractivity contribution >= 4 is 5.97 Å². The maximum Gasteiger partial charge on any atom is 0.307 e. The first-order chi connectivity index (χ1) is 7.15. The molecular weight excluding hydrogens is 190 g/mol. The molecule has 1 fully saturated rings. The molecule has 15 heavy (non-hydrogen) atoms. The number of esters is 1. The summed E-state index contributed by atoms with van der Waals surface area (Å²) in [7, 11) is 0. The van der Waals surface area contributed by atoms with Gasteiger partial charge in [-0.3, -0.25) is 9.69 Å². The lowest BCUT2D eigenvalue weighted by molar-refractivity contribution is -0.144. The standard InChI is InChI=1S/C12H23NO2/c1-4-15-12(14)9-11(10(2)3)13-7-5-6-8-13/h10-11H,4-9H2,1-3H3. The first-order valence-electron chi connectivity index (χ1n) is 6.04. The van der Waals surface area contributed by atoms with Crippen molar-refractivity contribution in [1.82, 2.24) is 4.90 Å². The molecule has 0 aromatic heterocycles. The minimum Gasteiger partial charge on any atom is -0.466 e. The summed E-state index contributed by atoms with van der Waals surface area (Å²) in [5.74, 6) is 0.468. The van der Waals surface area contributed by atoms with Gasteiger partial charge in [0, 0.05) is 6.04 Å². The summed E-state index contributed by atoms with van der Waals surface area (Å²) in [5, 5.41) is 0. The molecule has 0 radical (unpaired) electrons. The second kappa shape index (κ2) is 6.11. The maximum absolute atomic E-state index is 11.5. The van der Waals surface area contributed by atoms with E-state index in [1.54, 1.807) is 0 Å². The second-order valence-corrected chi connectivity index (χ2v) is 4.56. The molecule has 0 aromatic rings. The van der Waals surface area contributed by atoms with E-state index in [0.717, 1.165) is 13.1 Å². The highest BCUT2D eigenvalue weighted by Crippen LogP contribution is 2.20. The third-order valence-corrected chi connectivity index (χ3v) is 3.06. The van der Waals surface area contributed by atoms with E-state index < -0.39 is 0 Å². The van der Waals surface area contributed by atoms with Crippen LogP contribution in [-0.2, 0) is 9.53 Å². The first kappa shape index (κ1) is 12.5. The smallest absolute Gasteiger partial charge is 0.307 e. The Morgan fingerprint density at radius 2 is 1.93 bits per heavy atom. The molecule has 3 nitrogen and oxygen atoms in total. The average Bonchev–Trinajstić information content (AvgIpc) is 2.66. The lowest BCUT2D eigenvalue weighted by Gasteiger charge is -2.29. The Kier molecular flexibility index (Phi) is 5.09. The predicted octanol–water partition coefficient (Wildman–Crippen LogP) is 2.06. The van der Waals surface area contributed by atoms with E-state index in [9.17, 15) is 4.79 Å². The van der Waals surface area contributed by atoms with Gasteiger partial charge < -0.3 is 4.74 Å². The largest absolute Gasteiger partial charge is 0.466 e. The van der Waals surface area contributed by atoms with Gasteiger partial charge in [0.15, 0.2) is 0 Å². The number of carbonyl (C=O) groups excluding carboxylic acids is 1. The predicted molar refractivity (Wildman–Crippen MR) is 60.7 cm³/mol. The Bertz CT molecular complexity index is 198. The number of rotatable bonds is 5. The van der Waals surface area contributed by atoms with Gasteiger partial charge in [-0.15, -0.1) is 0 Å². The second-order valence-electron chi connectivity index (χ2n) is 4.56. The summed E-state index contributed by atoms with van der Waals surface area (Å²) >= 11 is 0. The van der Waals surface area contributed by atoms with Crippen LogP contribution in [0.15, 0.2) is 0 Å². The molecule has 0 aromatic carbocycles. The maximum atomic E-state index is 11.5. The highest BCUT2D eigenvalue weighted by Gasteiger charge is 2.26. The summed E-state index contributed by atoms with van der Waals surface area (Å²) in [6, 6.07) is 0.367. The molecule has 0 bridgehead atoms. The zero-order valence-electron chi connectivity index (χ0n) is 10.2. The van der Waals surface area contributed by atoms with Crippen LogP contribution in [0.5, 0.6) is 0 Å². The molecule has 1 aliphatic heterocycles. The molecule has 0 amide bonds. The van der Waals surface area contributed by atoms with Crippen molar-refractivity contribution in [2.45, 2.75) is 46.1 Å². The van der Waals surface area contributed by atoms with Crippen LogP contribution >= 0.6 is 0 Å². The Hall–Kier alpha value is -0.570. The fourth-order valence-corrected chi connectivity index (χ4v) is 2.25. The molecule has 0 N–H and O–H groups in total. The third-order valence-electron chi connectivity index (χ3n) is 3.06. The van der Waals surface area contributed by atoms with Gasteiger partial charge in [0.25, 0.3) is 0 Å². The van der Waals surface area contributed by atoms with Gasteiger partial charge in [0.2, 0.25) is 0 Å². The molecule has 1 heterocycles. The fourth-order valence-electron chi connectivity index (χ4n) is 2.25. The number of hydrogen-bond donors (Lipinski definition) is 0. The van der Waals surface area contributed by atoms with Gasteiger partial charge in [0.05, 0.1) is 13.0 Å². The number of likely N-dealkylation sites (tertiary alicyclic amines) is 1. The lowest BCUT2D eigenvalue weighted by Crippen LogP contribution is -2.38. The number of carbonyl (C=O) groups is 1. The van der Waals surface area contributed by atoms with Gasteiger partial charge >= 0.3 is 5.97 Å². The van der Waals surface area contributed by atoms with Crippen molar-refractivity contribution in [3.63, 3.8) is 0 Å². The van der Waals surface area contributed by atoms with Crippen molar-refractivity contribution in [2.24, 2.45) is 5.92 Å². The van der Waals surface area contributed by atoms with E-state index in [1.165, 1.54) is 12.8 Å². The highest BCUT2D eigenvalue weighted by atomic mass is 16.5. The van der Waals surface area contributed by atoms with Crippen molar-refractivity contribution in [2.75, 3.05) is 19.7 Å². The molecule has 1 unspecified atom stereocenters. The van der Waals surface area contributed by atoms with Crippen molar-refractivity contribution in [3.8, 4) is 0 Å². The van der Waals surface area contributed by atoms with E-state index in [2.05, 4.69) is 18.7 Å². The molecule has 1 atom stereocenters. The van der Waals surface area contributed by atoms with Gasteiger partial charge in [-0.2, -0.15) is 0 Å². The zero-order valence-corrected chi connectivity index (χ0v) is 10.2. The first-order valence-corrected chi connectivity index (χ1v) is 6.04. The Labute approximate surface area is 92.8 Å². The van der Waals surface area contributed by atoms with Crippen LogP contribution in [0.1, 0.15) is 40.0 Å². The number of nitrogens with zero attached hydrogens (tertiary/aromatic N) is 1. The molecule has 0 saturated carbocycles. The number of ether oxygens (including phenoxy) is 1. The van der Waals surface area contributed by atoms with Gasteiger partial charge in [-0.1, -0.05) is 13.8 Å². The van der Waals surface area contributed by atoms with Gasteiger partial charge in [-0.05, 0) is 38.8 Å². The zero-order chi connectivity index (χ0) is 11.3. The van der Waals surface area contributed by atoms with Crippen molar-refractivity contribution in [1.29, 1.82) is 0 Å². The molecule has 0 spiro atoms. The molecule has 1 rings (SSSR count). The summed E-state index contributed by atoms with van der Waals surface area (Å²) in [4.78, 5) is 13.9. The monoisotopic (exact) mass is 213 g/mol. The Morgan fingerprint density at radius 1 is 1.33 bits per heavy atom. The lowest BCUT2D eigenvalue weighted by atomic mass is 9.99. The fraction of sp³-hybridized carbons (Fsp3) is 0.917. The van der Waals surface area contributed by atoms with Crippen LogP contribution in [0.4, 0.5) is 0 Å². The minimum absolute atomic E-state index is 0.0527. The molecular formula is C12H23NO2. The Balaban J connectivity index is 2.46. The SMILES string of the molecule is CCOC(=O)CC(C(C)C)N1CCCC1. The molecule has 0 aliphatic carbocycles. The molecule has 88 valence electrons. The molecule has 1 aliphatic rings. The summed E-state index contributed by atoms with van der Waals surface area (Å²) < 4.78 is 5.02. The van der Waals surface area contributed by atoms with Crippen LogP contribution in [0, 0.1) is 5.92 Å². The van der Waals surface area contributed by atoms with Crippen LogP contribution < -0.4 is 0 Å². The van der Waals surface area contributed by atoms with E-state index in [0.29, 0.717) is 25.0 Å². The average molecular weight is 213 g/mol. The van der Waals surface area contributed by atoms with E-state index in [1.807, 2.05) is 6.92 Å². The van der Waals surface area contributed by atoms with Crippen LogP contribution in [0.2, 0.25) is 0 Å². The van der Waals surface area contributed by atoms with Crippen LogP contribution in [0.3, 0.4) is 0 Å². The number of hydrogen-bond acceptors (Lipinski definition) is 3. The summed E-state index contributed by atoms with van der Waals surface area (Å²) in [6.45, 7) is 9.00. The Morgan fingerprint density at radius 3 is 2.40 bits per heavy atom. The van der Waals surface area contributed by atoms with Gasteiger partial charge in [-0.25, -0.2) is 0 Å². The van der Waals surface area contributed by atoms with E-state index in [-0.39, 0.29) is 5.97 Å².